The summed E-state index contributed by atoms with van der Waals surface area (Å²) in [5.74, 6) is 3.32. The van der Waals surface area contributed by atoms with E-state index in [1.165, 1.54) is 0 Å². The Kier molecular flexibility index (Phi) is 6.16. The van der Waals surface area contributed by atoms with Crippen molar-refractivity contribution in [2.75, 3.05) is 25.1 Å². The summed E-state index contributed by atoms with van der Waals surface area (Å²) < 4.78 is 12.4. The van der Waals surface area contributed by atoms with E-state index in [2.05, 4.69) is 20.4 Å². The number of methoxy groups -OCH3 is 1. The summed E-state index contributed by atoms with van der Waals surface area (Å²) in [6, 6.07) is 15.4. The molecule has 1 atom stereocenters. The van der Waals surface area contributed by atoms with Crippen molar-refractivity contribution in [3.63, 3.8) is 0 Å². The van der Waals surface area contributed by atoms with Gasteiger partial charge in [-0.05, 0) is 68.3 Å². The van der Waals surface area contributed by atoms with E-state index < -0.39 is 0 Å². The molecule has 1 fully saturated rings. The number of nitrogens with one attached hydrogen (secondary N) is 1. The summed E-state index contributed by atoms with van der Waals surface area (Å²) in [5.41, 5.74) is 1.60. The molecule has 0 aliphatic carbocycles. The van der Waals surface area contributed by atoms with Crippen LogP contribution >= 0.6 is 0 Å². The molecule has 4 heterocycles. The first-order valence-corrected chi connectivity index (χ1v) is 11.6. The van der Waals surface area contributed by atoms with Crippen LogP contribution in [0.15, 0.2) is 59.2 Å². The molecule has 1 aliphatic rings. The molecular weight excluding hydrogens is 432 g/mol. The largest absolute Gasteiger partial charge is 0.497 e. The van der Waals surface area contributed by atoms with Crippen LogP contribution in [-0.2, 0) is 11.2 Å². The average molecular weight is 461 g/mol. The number of piperidine rings is 1. The summed E-state index contributed by atoms with van der Waals surface area (Å²) in [6.07, 6.45) is 3.92. The number of anilines is 1. The molecule has 4 aromatic rings. The van der Waals surface area contributed by atoms with Gasteiger partial charge in [0.05, 0.1) is 13.4 Å². The van der Waals surface area contributed by atoms with E-state index in [0.29, 0.717) is 17.9 Å². The molecule has 1 saturated heterocycles. The summed E-state index contributed by atoms with van der Waals surface area (Å²) in [7, 11) is 1.64. The Hall–Kier alpha value is -3.88. The van der Waals surface area contributed by atoms with Gasteiger partial charge in [-0.2, -0.15) is 4.52 Å². The number of benzene rings is 1. The van der Waals surface area contributed by atoms with Crippen molar-refractivity contribution < 1.29 is 13.9 Å². The number of amides is 1. The van der Waals surface area contributed by atoms with Gasteiger partial charge in [-0.1, -0.05) is 0 Å². The van der Waals surface area contributed by atoms with Crippen molar-refractivity contribution in [2.45, 2.75) is 32.2 Å². The predicted octanol–water partition coefficient (Wildman–Crippen LogP) is 3.36. The first-order chi connectivity index (χ1) is 16.6. The van der Waals surface area contributed by atoms with Gasteiger partial charge in [-0.3, -0.25) is 4.79 Å². The number of ether oxygens (including phenoxy) is 1. The number of nitrogens with zero attached hydrogens (tertiary/aromatic N) is 5. The van der Waals surface area contributed by atoms with Crippen molar-refractivity contribution in [3.8, 4) is 17.1 Å². The Labute approximate surface area is 197 Å². The molecule has 1 aromatic carbocycles. The molecule has 0 spiro atoms. The lowest BCUT2D eigenvalue weighted by molar-refractivity contribution is -0.126. The quantitative estimate of drug-likeness (QED) is 0.452. The Balaban J connectivity index is 1.23. The van der Waals surface area contributed by atoms with Crippen LogP contribution in [0.2, 0.25) is 0 Å². The second-order valence-corrected chi connectivity index (χ2v) is 8.67. The van der Waals surface area contributed by atoms with Gasteiger partial charge in [0.15, 0.2) is 11.5 Å². The van der Waals surface area contributed by atoms with Crippen molar-refractivity contribution in [3.05, 3.63) is 60.6 Å². The minimum Gasteiger partial charge on any atom is -0.497 e. The van der Waals surface area contributed by atoms with E-state index in [9.17, 15) is 4.79 Å². The minimum absolute atomic E-state index is 0.00352. The fourth-order valence-corrected chi connectivity index (χ4v) is 4.38. The number of aromatic nitrogens is 4. The van der Waals surface area contributed by atoms with Crippen LogP contribution in [0.3, 0.4) is 0 Å². The molecule has 0 bridgehead atoms. The molecule has 0 saturated carbocycles. The number of hydrogen-bond donors (Lipinski definition) is 1. The standard InChI is InChI=1S/C25H28N6O3/c1-17(16-21-4-3-15-34-21)26-25(32)19-11-13-30(14-12-19)23-10-9-22-27-28-24(31(22)29-23)18-5-7-20(33-2)8-6-18/h3-10,15,17,19H,11-14,16H2,1-2H3,(H,26,32). The van der Waals surface area contributed by atoms with Crippen molar-refractivity contribution in [1.82, 2.24) is 25.1 Å². The fourth-order valence-electron chi connectivity index (χ4n) is 4.38. The molecule has 34 heavy (non-hydrogen) atoms. The molecular formula is C25H28N6O3. The predicted molar refractivity (Wildman–Crippen MR) is 128 cm³/mol. The van der Waals surface area contributed by atoms with Crippen LogP contribution in [0.4, 0.5) is 5.82 Å². The van der Waals surface area contributed by atoms with E-state index >= 15 is 0 Å². The maximum absolute atomic E-state index is 12.8. The number of rotatable bonds is 7. The molecule has 0 radical (unpaired) electrons. The third kappa shape index (κ3) is 4.59. The first kappa shape index (κ1) is 21.9. The second kappa shape index (κ2) is 9.54. The summed E-state index contributed by atoms with van der Waals surface area (Å²) in [5, 5.41) is 16.5. The first-order valence-electron chi connectivity index (χ1n) is 11.6. The van der Waals surface area contributed by atoms with Gasteiger partial charge in [0.1, 0.15) is 17.3 Å². The monoisotopic (exact) mass is 460 g/mol. The van der Waals surface area contributed by atoms with Crippen molar-refractivity contribution >= 4 is 17.4 Å². The molecule has 1 amide bonds. The Morgan fingerprint density at radius 1 is 1.15 bits per heavy atom. The van der Waals surface area contributed by atoms with Crippen molar-refractivity contribution in [2.24, 2.45) is 5.92 Å². The average Bonchev–Trinajstić information content (AvgIpc) is 3.53. The van der Waals surface area contributed by atoms with E-state index in [0.717, 1.165) is 48.8 Å². The van der Waals surface area contributed by atoms with Crippen LogP contribution in [0.25, 0.3) is 17.0 Å². The maximum atomic E-state index is 12.8. The zero-order valence-corrected chi connectivity index (χ0v) is 19.3. The molecule has 9 nitrogen and oxygen atoms in total. The third-order valence-electron chi connectivity index (χ3n) is 6.26. The smallest absolute Gasteiger partial charge is 0.223 e. The number of hydrogen-bond acceptors (Lipinski definition) is 7. The summed E-state index contributed by atoms with van der Waals surface area (Å²) in [4.78, 5) is 15.0. The van der Waals surface area contributed by atoms with Gasteiger partial charge >= 0.3 is 0 Å². The van der Waals surface area contributed by atoms with Crippen LogP contribution in [-0.4, -0.2) is 52.0 Å². The van der Waals surface area contributed by atoms with Gasteiger partial charge in [-0.25, -0.2) is 0 Å². The second-order valence-electron chi connectivity index (χ2n) is 8.67. The van der Waals surface area contributed by atoms with Gasteiger partial charge in [0.2, 0.25) is 5.91 Å². The zero-order chi connectivity index (χ0) is 23.5. The van der Waals surface area contributed by atoms with E-state index in [1.54, 1.807) is 17.9 Å². The Morgan fingerprint density at radius 3 is 2.65 bits per heavy atom. The highest BCUT2D eigenvalue weighted by atomic mass is 16.5. The lowest BCUT2D eigenvalue weighted by atomic mass is 9.95. The van der Waals surface area contributed by atoms with Crippen LogP contribution in [0.1, 0.15) is 25.5 Å². The molecule has 176 valence electrons. The normalized spacial score (nSPS) is 15.4. The fraction of sp³-hybridized carbons (Fsp3) is 0.360. The van der Waals surface area contributed by atoms with E-state index in [1.807, 2.05) is 55.5 Å². The number of fused-ring (bicyclic) bond motifs is 1. The highest BCUT2D eigenvalue weighted by molar-refractivity contribution is 5.79. The topological polar surface area (TPSA) is 97.8 Å². The highest BCUT2D eigenvalue weighted by Gasteiger charge is 2.27. The maximum Gasteiger partial charge on any atom is 0.223 e. The SMILES string of the molecule is COc1ccc(-c2nnc3ccc(N4CCC(C(=O)NC(C)Cc5ccco5)CC4)nn23)cc1. The molecule has 3 aromatic heterocycles. The van der Waals surface area contributed by atoms with Crippen LogP contribution in [0.5, 0.6) is 5.75 Å². The molecule has 1 aliphatic heterocycles. The third-order valence-corrected chi connectivity index (χ3v) is 6.26. The zero-order valence-electron chi connectivity index (χ0n) is 19.3. The molecule has 9 heteroatoms. The van der Waals surface area contributed by atoms with E-state index in [4.69, 9.17) is 14.3 Å². The van der Waals surface area contributed by atoms with E-state index in [-0.39, 0.29) is 17.9 Å². The summed E-state index contributed by atoms with van der Waals surface area (Å²) in [6.45, 7) is 3.54. The van der Waals surface area contributed by atoms with Crippen LogP contribution < -0.4 is 15.0 Å². The molecule has 5 rings (SSSR count). The molecule has 1 unspecified atom stereocenters. The number of carbonyl (C=O) groups is 1. The van der Waals surface area contributed by atoms with Crippen LogP contribution in [0, 0.1) is 5.92 Å². The number of carbonyl (C=O) groups excluding carboxylic acids is 1. The van der Waals surface area contributed by atoms with Gasteiger partial charge in [0, 0.05) is 37.0 Å². The Morgan fingerprint density at radius 2 is 1.94 bits per heavy atom. The number of furan rings is 1. The highest BCUT2D eigenvalue weighted by Crippen LogP contribution is 2.25. The lowest BCUT2D eigenvalue weighted by Gasteiger charge is -2.32. The Bertz CT molecular complexity index is 1240. The minimum atomic E-state index is 0.00352. The lowest BCUT2D eigenvalue weighted by Crippen LogP contribution is -2.44. The van der Waals surface area contributed by atoms with Gasteiger partial charge in [-0.15, -0.1) is 15.3 Å². The van der Waals surface area contributed by atoms with Gasteiger partial charge in [0.25, 0.3) is 0 Å². The summed E-state index contributed by atoms with van der Waals surface area (Å²) >= 11 is 0. The molecule has 1 N–H and O–H groups in total. The van der Waals surface area contributed by atoms with Gasteiger partial charge < -0.3 is 19.4 Å². The van der Waals surface area contributed by atoms with Crippen molar-refractivity contribution in [1.29, 1.82) is 0 Å².